The summed E-state index contributed by atoms with van der Waals surface area (Å²) in [4.78, 5) is 0. The first kappa shape index (κ1) is 14.9. The molecule has 0 spiro atoms. The van der Waals surface area contributed by atoms with Crippen LogP contribution in [0.3, 0.4) is 0 Å². The van der Waals surface area contributed by atoms with E-state index in [2.05, 4.69) is 46.9 Å². The van der Waals surface area contributed by atoms with Crippen molar-refractivity contribution >= 4 is 0 Å². The van der Waals surface area contributed by atoms with Crippen LogP contribution in [-0.4, -0.2) is 11.6 Å². The fraction of sp³-hybridized carbons (Fsp3) is 1.00. The van der Waals surface area contributed by atoms with E-state index >= 15 is 0 Å². The summed E-state index contributed by atoms with van der Waals surface area (Å²) in [6.07, 6.45) is 7.24. The summed E-state index contributed by atoms with van der Waals surface area (Å²) in [6, 6.07) is 0.776. The minimum Gasteiger partial charge on any atom is -0.309 e. The molecule has 0 aromatic rings. The largest absolute Gasteiger partial charge is 0.309 e. The SMILES string of the molecule is CC1CC(C)(C)NC2CC3(C(C)C)CCC(C)C3CC12. The second-order valence-electron chi connectivity index (χ2n) is 9.43. The molecule has 1 aliphatic heterocycles. The number of piperidine rings is 1. The average molecular weight is 277 g/mol. The zero-order chi connectivity index (χ0) is 14.7. The highest BCUT2D eigenvalue weighted by Crippen LogP contribution is 2.61. The van der Waals surface area contributed by atoms with Gasteiger partial charge in [-0.2, -0.15) is 0 Å². The van der Waals surface area contributed by atoms with E-state index in [-0.39, 0.29) is 0 Å². The molecular weight excluding hydrogens is 242 g/mol. The molecule has 3 fully saturated rings. The Morgan fingerprint density at radius 3 is 2.40 bits per heavy atom. The highest BCUT2D eigenvalue weighted by atomic mass is 15.0. The molecule has 1 heterocycles. The van der Waals surface area contributed by atoms with Gasteiger partial charge in [-0.15, -0.1) is 0 Å². The molecule has 20 heavy (non-hydrogen) atoms. The summed E-state index contributed by atoms with van der Waals surface area (Å²) in [5.74, 6) is 4.63. The maximum atomic E-state index is 4.03. The van der Waals surface area contributed by atoms with Crippen LogP contribution in [0, 0.1) is 35.0 Å². The molecule has 6 unspecified atom stereocenters. The molecule has 1 nitrogen and oxygen atoms in total. The summed E-state index contributed by atoms with van der Waals surface area (Å²) >= 11 is 0. The van der Waals surface area contributed by atoms with E-state index in [1.807, 2.05) is 0 Å². The lowest BCUT2D eigenvalue weighted by Crippen LogP contribution is -2.61. The lowest BCUT2D eigenvalue weighted by Gasteiger charge is -2.57. The maximum Gasteiger partial charge on any atom is 0.0130 e. The van der Waals surface area contributed by atoms with Gasteiger partial charge < -0.3 is 5.32 Å². The molecule has 0 aromatic heterocycles. The van der Waals surface area contributed by atoms with Crippen LogP contribution in [-0.2, 0) is 0 Å². The van der Waals surface area contributed by atoms with Crippen LogP contribution in [0.5, 0.6) is 0 Å². The Balaban J connectivity index is 1.89. The van der Waals surface area contributed by atoms with E-state index in [0.717, 1.165) is 35.6 Å². The highest BCUT2D eigenvalue weighted by molar-refractivity contribution is 5.08. The van der Waals surface area contributed by atoms with Crippen molar-refractivity contribution in [2.75, 3.05) is 0 Å². The van der Waals surface area contributed by atoms with Crippen molar-refractivity contribution in [3.63, 3.8) is 0 Å². The number of hydrogen-bond acceptors (Lipinski definition) is 1. The van der Waals surface area contributed by atoms with E-state index in [1.165, 1.54) is 32.1 Å². The summed E-state index contributed by atoms with van der Waals surface area (Å²) in [6.45, 7) is 14.8. The maximum absolute atomic E-state index is 4.03. The van der Waals surface area contributed by atoms with Crippen molar-refractivity contribution in [2.45, 2.75) is 85.2 Å². The molecule has 3 aliphatic rings. The van der Waals surface area contributed by atoms with Gasteiger partial charge in [0.2, 0.25) is 0 Å². The van der Waals surface area contributed by atoms with Crippen molar-refractivity contribution in [2.24, 2.45) is 35.0 Å². The molecule has 0 amide bonds. The van der Waals surface area contributed by atoms with Crippen LogP contribution in [0.1, 0.15) is 73.6 Å². The van der Waals surface area contributed by atoms with E-state index < -0.39 is 0 Å². The van der Waals surface area contributed by atoms with E-state index in [1.54, 1.807) is 0 Å². The van der Waals surface area contributed by atoms with Gasteiger partial charge in [0, 0.05) is 11.6 Å². The van der Waals surface area contributed by atoms with Crippen LogP contribution in [0.15, 0.2) is 0 Å². The van der Waals surface area contributed by atoms with Crippen LogP contribution in [0.25, 0.3) is 0 Å². The van der Waals surface area contributed by atoms with Gasteiger partial charge in [-0.3, -0.25) is 0 Å². The number of fused-ring (bicyclic) bond motifs is 2. The Hall–Kier alpha value is -0.0400. The molecule has 0 radical (unpaired) electrons. The third-order valence-electron chi connectivity index (χ3n) is 7.42. The smallest absolute Gasteiger partial charge is 0.0130 e. The molecule has 1 saturated heterocycles. The van der Waals surface area contributed by atoms with Crippen molar-refractivity contribution in [3.05, 3.63) is 0 Å². The molecular formula is C19H35N. The Morgan fingerprint density at radius 1 is 1.05 bits per heavy atom. The Kier molecular flexibility index (Phi) is 3.52. The zero-order valence-electron chi connectivity index (χ0n) is 14.5. The second-order valence-corrected chi connectivity index (χ2v) is 9.43. The monoisotopic (exact) mass is 277 g/mol. The fourth-order valence-corrected chi connectivity index (χ4v) is 6.44. The number of nitrogens with one attached hydrogen (secondary N) is 1. The summed E-state index contributed by atoms with van der Waals surface area (Å²) in [5.41, 5.74) is 0.983. The molecule has 6 atom stereocenters. The van der Waals surface area contributed by atoms with Crippen molar-refractivity contribution < 1.29 is 0 Å². The average Bonchev–Trinajstić information content (AvgIpc) is 2.64. The molecule has 1 N–H and O–H groups in total. The minimum absolute atomic E-state index is 0.343. The Morgan fingerprint density at radius 2 is 1.75 bits per heavy atom. The lowest BCUT2D eigenvalue weighted by atomic mass is 9.54. The van der Waals surface area contributed by atoms with Crippen LogP contribution >= 0.6 is 0 Å². The lowest BCUT2D eigenvalue weighted by molar-refractivity contribution is -0.0395. The van der Waals surface area contributed by atoms with E-state index in [4.69, 9.17) is 0 Å². The molecule has 2 aliphatic carbocycles. The normalized spacial score (nSPS) is 50.9. The third-order valence-corrected chi connectivity index (χ3v) is 7.42. The van der Waals surface area contributed by atoms with Gasteiger partial charge in [0.05, 0.1) is 0 Å². The molecule has 0 bridgehead atoms. The fourth-order valence-electron chi connectivity index (χ4n) is 6.44. The molecule has 116 valence electrons. The quantitative estimate of drug-likeness (QED) is 0.721. The molecule has 1 heteroatoms. The summed E-state index contributed by atoms with van der Waals surface area (Å²) in [5, 5.41) is 4.03. The first-order chi connectivity index (χ1) is 9.25. The van der Waals surface area contributed by atoms with Crippen LogP contribution in [0.4, 0.5) is 0 Å². The summed E-state index contributed by atoms with van der Waals surface area (Å²) in [7, 11) is 0. The highest BCUT2D eigenvalue weighted by Gasteiger charge is 2.56. The Bertz CT molecular complexity index is 372. The van der Waals surface area contributed by atoms with Crippen molar-refractivity contribution in [1.29, 1.82) is 0 Å². The number of rotatable bonds is 1. The van der Waals surface area contributed by atoms with Gasteiger partial charge in [-0.1, -0.05) is 27.7 Å². The predicted octanol–water partition coefficient (Wildman–Crippen LogP) is 4.86. The Labute approximate surface area is 126 Å². The van der Waals surface area contributed by atoms with Crippen LogP contribution in [0.2, 0.25) is 0 Å². The van der Waals surface area contributed by atoms with E-state index in [0.29, 0.717) is 11.0 Å². The molecule has 2 saturated carbocycles. The van der Waals surface area contributed by atoms with Gasteiger partial charge in [0.1, 0.15) is 0 Å². The zero-order valence-corrected chi connectivity index (χ0v) is 14.5. The topological polar surface area (TPSA) is 12.0 Å². The van der Waals surface area contributed by atoms with Gasteiger partial charge in [0.15, 0.2) is 0 Å². The first-order valence-electron chi connectivity index (χ1n) is 9.03. The molecule has 3 rings (SSSR count). The van der Waals surface area contributed by atoms with Gasteiger partial charge >= 0.3 is 0 Å². The predicted molar refractivity (Wildman–Crippen MR) is 86.7 cm³/mol. The standard InChI is InChI=1S/C19H35N/c1-12(2)19-8-7-13(3)16(19)9-15-14(4)10-18(5,6)20-17(15)11-19/h12-17,20H,7-11H2,1-6H3. The molecule has 0 aromatic carbocycles. The van der Waals surface area contributed by atoms with Crippen LogP contribution < -0.4 is 5.32 Å². The number of hydrogen-bond donors (Lipinski definition) is 1. The van der Waals surface area contributed by atoms with Gasteiger partial charge in [0.25, 0.3) is 0 Å². The first-order valence-corrected chi connectivity index (χ1v) is 9.03. The van der Waals surface area contributed by atoms with Gasteiger partial charge in [-0.05, 0) is 81.0 Å². The van der Waals surface area contributed by atoms with Crippen molar-refractivity contribution in [1.82, 2.24) is 5.32 Å². The van der Waals surface area contributed by atoms with Crippen molar-refractivity contribution in [3.8, 4) is 0 Å². The van der Waals surface area contributed by atoms with Gasteiger partial charge in [-0.25, -0.2) is 0 Å². The van der Waals surface area contributed by atoms with E-state index in [9.17, 15) is 0 Å². The third kappa shape index (κ3) is 2.16. The second kappa shape index (κ2) is 4.73. The minimum atomic E-state index is 0.343. The summed E-state index contributed by atoms with van der Waals surface area (Å²) < 4.78 is 0.